The molecule has 0 atom stereocenters. The molecule has 0 spiro atoms. The summed E-state index contributed by atoms with van der Waals surface area (Å²) in [6, 6.07) is 17.3. The lowest BCUT2D eigenvalue weighted by atomic mass is 10.2. The summed E-state index contributed by atoms with van der Waals surface area (Å²) in [5.74, 6) is 1.60. The number of methoxy groups -OCH3 is 1. The average molecular weight is 374 g/mol. The number of amides is 1. The zero-order valence-corrected chi connectivity index (χ0v) is 16.0. The van der Waals surface area contributed by atoms with Crippen LogP contribution < -0.4 is 10.1 Å². The number of aromatic nitrogens is 3. The molecule has 0 aliphatic carbocycles. The number of benzene rings is 2. The number of nitrogens with one attached hydrogen (secondary N) is 1. The Morgan fingerprint density at radius 3 is 2.79 bits per heavy atom. The average Bonchev–Trinajstić information content (AvgIpc) is 3.05. The third-order valence-corrected chi connectivity index (χ3v) is 4.82. The van der Waals surface area contributed by atoms with Crippen molar-refractivity contribution in [1.82, 2.24) is 19.9 Å². The first kappa shape index (κ1) is 18.0. The molecule has 0 saturated carbocycles. The molecule has 0 unspecified atom stereocenters. The number of fused-ring (bicyclic) bond motifs is 2. The molecule has 1 amide bonds. The third kappa shape index (κ3) is 3.53. The minimum atomic E-state index is -0.162. The molecule has 0 aliphatic rings. The highest BCUT2D eigenvalue weighted by molar-refractivity contribution is 5.95. The van der Waals surface area contributed by atoms with E-state index in [1.54, 1.807) is 13.2 Å². The fourth-order valence-corrected chi connectivity index (χ4v) is 3.36. The molecule has 0 fully saturated rings. The van der Waals surface area contributed by atoms with Crippen LogP contribution in [0.4, 0.5) is 0 Å². The van der Waals surface area contributed by atoms with E-state index in [1.807, 2.05) is 49.4 Å². The summed E-state index contributed by atoms with van der Waals surface area (Å²) >= 11 is 0. The second-order valence-electron chi connectivity index (χ2n) is 6.66. The van der Waals surface area contributed by atoms with Crippen LogP contribution in [0.3, 0.4) is 0 Å². The maximum atomic E-state index is 12.4. The Bertz CT molecular complexity index is 1150. The first-order valence-electron chi connectivity index (χ1n) is 9.30. The van der Waals surface area contributed by atoms with Gasteiger partial charge in [-0.1, -0.05) is 18.2 Å². The van der Waals surface area contributed by atoms with Gasteiger partial charge < -0.3 is 14.6 Å². The van der Waals surface area contributed by atoms with E-state index in [2.05, 4.69) is 25.9 Å². The van der Waals surface area contributed by atoms with Gasteiger partial charge in [-0.25, -0.2) is 9.97 Å². The molecule has 142 valence electrons. The number of para-hydroxylation sites is 2. The van der Waals surface area contributed by atoms with E-state index in [9.17, 15) is 4.79 Å². The standard InChI is InChI=1S/C22H22N4O2/c1-15-24-19-6-3-4-7-21(19)26(15)13-5-12-23-22(27)20-10-8-16-14-17(28-2)9-11-18(16)25-20/h3-4,6-11,14H,5,12-13H2,1-2H3,(H,23,27). The number of pyridine rings is 1. The van der Waals surface area contributed by atoms with E-state index in [-0.39, 0.29) is 5.91 Å². The molecule has 0 saturated heterocycles. The second-order valence-corrected chi connectivity index (χ2v) is 6.66. The van der Waals surface area contributed by atoms with Gasteiger partial charge in [-0.3, -0.25) is 4.79 Å². The Morgan fingerprint density at radius 2 is 1.93 bits per heavy atom. The van der Waals surface area contributed by atoms with Gasteiger partial charge in [-0.05, 0) is 49.7 Å². The van der Waals surface area contributed by atoms with Crippen molar-refractivity contribution in [2.75, 3.05) is 13.7 Å². The Morgan fingerprint density at radius 1 is 1.07 bits per heavy atom. The van der Waals surface area contributed by atoms with Crippen molar-refractivity contribution in [1.29, 1.82) is 0 Å². The van der Waals surface area contributed by atoms with Crippen molar-refractivity contribution < 1.29 is 9.53 Å². The van der Waals surface area contributed by atoms with Gasteiger partial charge in [0.05, 0.1) is 23.7 Å². The lowest BCUT2D eigenvalue weighted by molar-refractivity contribution is 0.0948. The summed E-state index contributed by atoms with van der Waals surface area (Å²) in [5, 5.41) is 3.90. The Balaban J connectivity index is 1.38. The van der Waals surface area contributed by atoms with Crippen LogP contribution in [0.2, 0.25) is 0 Å². The molecule has 2 aromatic heterocycles. The molecule has 28 heavy (non-hydrogen) atoms. The van der Waals surface area contributed by atoms with E-state index < -0.39 is 0 Å². The molecule has 6 heteroatoms. The highest BCUT2D eigenvalue weighted by Gasteiger charge is 2.09. The summed E-state index contributed by atoms with van der Waals surface area (Å²) in [4.78, 5) is 21.5. The molecule has 2 aromatic carbocycles. The van der Waals surface area contributed by atoms with E-state index in [0.717, 1.165) is 46.5 Å². The number of hydrogen-bond donors (Lipinski definition) is 1. The van der Waals surface area contributed by atoms with Crippen molar-refractivity contribution >= 4 is 27.8 Å². The predicted molar refractivity (Wildman–Crippen MR) is 110 cm³/mol. The van der Waals surface area contributed by atoms with E-state index in [4.69, 9.17) is 4.74 Å². The quantitative estimate of drug-likeness (QED) is 0.522. The van der Waals surface area contributed by atoms with Crippen molar-refractivity contribution in [3.63, 3.8) is 0 Å². The molecule has 0 aliphatic heterocycles. The molecule has 4 aromatic rings. The topological polar surface area (TPSA) is 69.0 Å². The minimum Gasteiger partial charge on any atom is -0.497 e. The number of hydrogen-bond acceptors (Lipinski definition) is 4. The van der Waals surface area contributed by atoms with Crippen molar-refractivity contribution in [3.05, 3.63) is 66.1 Å². The largest absolute Gasteiger partial charge is 0.497 e. The van der Waals surface area contributed by atoms with Crippen LogP contribution in [0.25, 0.3) is 21.9 Å². The van der Waals surface area contributed by atoms with E-state index >= 15 is 0 Å². The van der Waals surface area contributed by atoms with Crippen LogP contribution >= 0.6 is 0 Å². The van der Waals surface area contributed by atoms with Gasteiger partial charge in [0.15, 0.2) is 0 Å². The highest BCUT2D eigenvalue weighted by atomic mass is 16.5. The fraction of sp³-hybridized carbons (Fsp3) is 0.227. The summed E-state index contributed by atoms with van der Waals surface area (Å²) < 4.78 is 7.40. The van der Waals surface area contributed by atoms with Gasteiger partial charge in [0.2, 0.25) is 0 Å². The minimum absolute atomic E-state index is 0.162. The molecular formula is C22H22N4O2. The number of imidazole rings is 1. The third-order valence-electron chi connectivity index (χ3n) is 4.82. The molecule has 0 bridgehead atoms. The number of nitrogens with zero attached hydrogens (tertiary/aromatic N) is 3. The van der Waals surface area contributed by atoms with E-state index in [0.29, 0.717) is 12.2 Å². The van der Waals surface area contributed by atoms with Crippen LogP contribution in [0.5, 0.6) is 5.75 Å². The molecule has 2 heterocycles. The van der Waals surface area contributed by atoms with Gasteiger partial charge in [0, 0.05) is 18.5 Å². The van der Waals surface area contributed by atoms with Gasteiger partial charge in [0.1, 0.15) is 17.3 Å². The zero-order chi connectivity index (χ0) is 19.5. The maximum Gasteiger partial charge on any atom is 0.269 e. The first-order chi connectivity index (χ1) is 13.7. The van der Waals surface area contributed by atoms with Crippen molar-refractivity contribution in [2.45, 2.75) is 19.9 Å². The van der Waals surface area contributed by atoms with Gasteiger partial charge in [-0.2, -0.15) is 0 Å². The summed E-state index contributed by atoms with van der Waals surface area (Å²) in [6.45, 7) is 3.39. The van der Waals surface area contributed by atoms with Crippen LogP contribution in [0.1, 0.15) is 22.7 Å². The summed E-state index contributed by atoms with van der Waals surface area (Å²) in [6.07, 6.45) is 0.817. The van der Waals surface area contributed by atoms with Crippen LogP contribution in [0, 0.1) is 6.92 Å². The van der Waals surface area contributed by atoms with Crippen LogP contribution in [-0.4, -0.2) is 34.1 Å². The number of carbonyl (C=O) groups excluding carboxylic acids is 1. The Kier molecular flexibility index (Phi) is 4.93. The second kappa shape index (κ2) is 7.68. The molecule has 0 radical (unpaired) electrons. The van der Waals surface area contributed by atoms with Crippen molar-refractivity contribution in [3.8, 4) is 5.75 Å². The molecule has 4 rings (SSSR count). The van der Waals surface area contributed by atoms with E-state index in [1.165, 1.54) is 0 Å². The lowest BCUT2D eigenvalue weighted by Gasteiger charge is -2.09. The van der Waals surface area contributed by atoms with Gasteiger partial charge in [-0.15, -0.1) is 0 Å². The number of aryl methyl sites for hydroxylation is 2. The smallest absolute Gasteiger partial charge is 0.269 e. The lowest BCUT2D eigenvalue weighted by Crippen LogP contribution is -2.26. The van der Waals surface area contributed by atoms with Gasteiger partial charge >= 0.3 is 0 Å². The summed E-state index contributed by atoms with van der Waals surface area (Å²) in [7, 11) is 1.63. The Hall–Kier alpha value is -3.41. The predicted octanol–water partition coefficient (Wildman–Crippen LogP) is 3.72. The van der Waals surface area contributed by atoms with Gasteiger partial charge in [0.25, 0.3) is 5.91 Å². The Labute approximate surface area is 163 Å². The molecule has 6 nitrogen and oxygen atoms in total. The normalized spacial score (nSPS) is 11.1. The monoisotopic (exact) mass is 374 g/mol. The number of rotatable bonds is 6. The highest BCUT2D eigenvalue weighted by Crippen LogP contribution is 2.19. The maximum absolute atomic E-state index is 12.4. The fourth-order valence-electron chi connectivity index (χ4n) is 3.36. The van der Waals surface area contributed by atoms with Crippen LogP contribution in [-0.2, 0) is 6.54 Å². The first-order valence-corrected chi connectivity index (χ1v) is 9.30. The van der Waals surface area contributed by atoms with Crippen molar-refractivity contribution in [2.24, 2.45) is 0 Å². The zero-order valence-electron chi connectivity index (χ0n) is 16.0. The molecule has 1 N–H and O–H groups in total. The number of ether oxygens (including phenoxy) is 1. The SMILES string of the molecule is COc1ccc2nc(C(=O)NCCCn3c(C)nc4ccccc43)ccc2c1. The number of carbonyl (C=O) groups is 1. The van der Waals surface area contributed by atoms with Crippen LogP contribution in [0.15, 0.2) is 54.6 Å². The summed E-state index contributed by atoms with van der Waals surface area (Å²) in [5.41, 5.74) is 3.31. The molecular weight excluding hydrogens is 352 g/mol.